The molecule has 0 spiro atoms. The number of carbonyl (C=O) groups is 2. The van der Waals surface area contributed by atoms with E-state index in [0.717, 1.165) is 24.0 Å². The summed E-state index contributed by atoms with van der Waals surface area (Å²) in [5.74, 6) is -0.701. The average molecular weight is 385 g/mol. The van der Waals surface area contributed by atoms with Crippen LogP contribution in [0.4, 0.5) is 10.1 Å². The summed E-state index contributed by atoms with van der Waals surface area (Å²) in [5, 5.41) is 2.72. The molecule has 3 rings (SSSR count). The van der Waals surface area contributed by atoms with E-state index in [-0.39, 0.29) is 5.82 Å². The predicted molar refractivity (Wildman–Crippen MR) is 104 cm³/mol. The van der Waals surface area contributed by atoms with Gasteiger partial charge in [0.15, 0.2) is 6.61 Å². The Kier molecular flexibility index (Phi) is 5.97. The van der Waals surface area contributed by atoms with Crippen LogP contribution >= 0.6 is 0 Å². The molecule has 0 aliphatic heterocycles. The van der Waals surface area contributed by atoms with Gasteiger partial charge in [0.25, 0.3) is 5.91 Å². The summed E-state index contributed by atoms with van der Waals surface area (Å²) < 4.78 is 23.9. The normalized spacial score (nSPS) is 15.1. The van der Waals surface area contributed by atoms with Crippen molar-refractivity contribution in [1.29, 1.82) is 0 Å². The van der Waals surface area contributed by atoms with Crippen LogP contribution in [-0.4, -0.2) is 25.6 Å². The molecule has 0 heterocycles. The molecule has 1 fully saturated rings. The zero-order valence-corrected chi connectivity index (χ0v) is 16.1. The first-order valence-corrected chi connectivity index (χ1v) is 9.32. The molecule has 5 nitrogen and oxygen atoms in total. The summed E-state index contributed by atoms with van der Waals surface area (Å²) >= 11 is 0. The number of benzene rings is 2. The monoisotopic (exact) mass is 385 g/mol. The van der Waals surface area contributed by atoms with Crippen LogP contribution in [0, 0.1) is 12.7 Å². The molecule has 0 aromatic heterocycles. The number of anilines is 1. The molecule has 0 bridgehead atoms. The average Bonchev–Trinajstić information content (AvgIpc) is 3.18. The Morgan fingerprint density at radius 1 is 1.11 bits per heavy atom. The van der Waals surface area contributed by atoms with Crippen molar-refractivity contribution in [1.82, 2.24) is 0 Å². The van der Waals surface area contributed by atoms with Crippen LogP contribution in [-0.2, 0) is 19.7 Å². The Balaban J connectivity index is 1.67. The van der Waals surface area contributed by atoms with Crippen molar-refractivity contribution in [3.05, 3.63) is 59.4 Å². The van der Waals surface area contributed by atoms with Gasteiger partial charge in [0.05, 0.1) is 18.2 Å². The highest BCUT2D eigenvalue weighted by atomic mass is 19.1. The van der Waals surface area contributed by atoms with E-state index < -0.39 is 23.9 Å². The Hall–Kier alpha value is -2.89. The van der Waals surface area contributed by atoms with Gasteiger partial charge in [0, 0.05) is 0 Å². The van der Waals surface area contributed by atoms with Gasteiger partial charge in [-0.3, -0.25) is 9.59 Å². The lowest BCUT2D eigenvalue weighted by Crippen LogP contribution is -2.36. The van der Waals surface area contributed by atoms with E-state index in [2.05, 4.69) is 5.32 Å². The summed E-state index contributed by atoms with van der Waals surface area (Å²) in [5.41, 5.74) is 1.42. The molecular formula is C22H24FNO4. The van der Waals surface area contributed by atoms with Gasteiger partial charge in [0.2, 0.25) is 0 Å². The minimum atomic E-state index is -0.811. The first-order chi connectivity index (χ1) is 13.4. The number of aryl methyl sites for hydroxylation is 1. The molecule has 2 aromatic rings. The number of rotatable bonds is 6. The fourth-order valence-corrected chi connectivity index (χ4v) is 3.73. The molecule has 1 saturated carbocycles. The topological polar surface area (TPSA) is 64.6 Å². The Morgan fingerprint density at radius 3 is 2.43 bits per heavy atom. The largest absolute Gasteiger partial charge is 0.495 e. The third kappa shape index (κ3) is 4.16. The van der Waals surface area contributed by atoms with Crippen LogP contribution < -0.4 is 10.1 Å². The summed E-state index contributed by atoms with van der Waals surface area (Å²) in [6.07, 6.45) is 3.04. The Bertz CT molecular complexity index is 857. The van der Waals surface area contributed by atoms with Crippen LogP contribution in [0.2, 0.25) is 0 Å². The minimum Gasteiger partial charge on any atom is -0.495 e. The lowest BCUT2D eigenvalue weighted by atomic mass is 9.79. The van der Waals surface area contributed by atoms with Crippen LogP contribution in [0.25, 0.3) is 0 Å². The van der Waals surface area contributed by atoms with Crippen LogP contribution in [0.1, 0.15) is 36.8 Å². The van der Waals surface area contributed by atoms with Gasteiger partial charge in [-0.2, -0.15) is 0 Å². The molecule has 148 valence electrons. The Labute approximate surface area is 163 Å². The number of ether oxygens (including phenoxy) is 2. The summed E-state index contributed by atoms with van der Waals surface area (Å²) in [6, 6.07) is 11.4. The van der Waals surface area contributed by atoms with Gasteiger partial charge < -0.3 is 14.8 Å². The number of methoxy groups -OCH3 is 1. The van der Waals surface area contributed by atoms with Crippen molar-refractivity contribution in [2.24, 2.45) is 0 Å². The van der Waals surface area contributed by atoms with Crippen molar-refractivity contribution in [3.8, 4) is 5.75 Å². The highest BCUT2D eigenvalue weighted by Crippen LogP contribution is 2.42. The molecule has 6 heteroatoms. The third-order valence-electron chi connectivity index (χ3n) is 5.21. The van der Waals surface area contributed by atoms with Gasteiger partial charge in [-0.1, -0.05) is 31.0 Å². The predicted octanol–water partition coefficient (Wildman–Crippen LogP) is 4.14. The van der Waals surface area contributed by atoms with E-state index in [0.29, 0.717) is 24.3 Å². The number of hydrogen-bond donors (Lipinski definition) is 1. The molecule has 28 heavy (non-hydrogen) atoms. The molecule has 2 aromatic carbocycles. The SMILES string of the molecule is COc1ccc(C)cc1NC(=O)COC(=O)C1(c2ccc(F)cc2)CCCC1. The maximum atomic E-state index is 13.3. The molecule has 1 N–H and O–H groups in total. The molecule has 1 amide bonds. The van der Waals surface area contributed by atoms with Crippen LogP contribution in [0.3, 0.4) is 0 Å². The second kappa shape index (κ2) is 8.42. The van der Waals surface area contributed by atoms with E-state index in [1.807, 2.05) is 13.0 Å². The minimum absolute atomic E-state index is 0.350. The first-order valence-electron chi connectivity index (χ1n) is 9.32. The molecule has 0 saturated heterocycles. The second-order valence-electron chi connectivity index (χ2n) is 7.12. The number of halogens is 1. The molecular weight excluding hydrogens is 361 g/mol. The highest BCUT2D eigenvalue weighted by Gasteiger charge is 2.44. The molecule has 0 radical (unpaired) electrons. The van der Waals surface area contributed by atoms with Gasteiger partial charge in [-0.25, -0.2) is 4.39 Å². The van der Waals surface area contributed by atoms with Crippen LogP contribution in [0.5, 0.6) is 5.75 Å². The fraction of sp³-hybridized carbons (Fsp3) is 0.364. The molecule has 0 atom stereocenters. The van der Waals surface area contributed by atoms with Crippen molar-refractivity contribution in [3.63, 3.8) is 0 Å². The maximum absolute atomic E-state index is 13.3. The maximum Gasteiger partial charge on any atom is 0.317 e. The molecule has 1 aliphatic carbocycles. The standard InChI is InChI=1S/C22H24FNO4/c1-15-5-10-19(27-2)18(13-15)24-20(25)14-28-21(26)22(11-3-4-12-22)16-6-8-17(23)9-7-16/h5-10,13H,3-4,11-12,14H2,1-2H3,(H,24,25). The smallest absolute Gasteiger partial charge is 0.317 e. The van der Waals surface area contributed by atoms with Gasteiger partial charge in [-0.15, -0.1) is 0 Å². The van der Waals surface area contributed by atoms with Crippen molar-refractivity contribution >= 4 is 17.6 Å². The summed E-state index contributed by atoms with van der Waals surface area (Å²) in [4.78, 5) is 25.2. The van der Waals surface area contributed by atoms with E-state index in [1.165, 1.54) is 19.2 Å². The molecule has 1 aliphatic rings. The van der Waals surface area contributed by atoms with Crippen molar-refractivity contribution in [2.75, 3.05) is 19.0 Å². The van der Waals surface area contributed by atoms with Gasteiger partial charge >= 0.3 is 5.97 Å². The quantitative estimate of drug-likeness (QED) is 0.759. The third-order valence-corrected chi connectivity index (χ3v) is 5.21. The van der Waals surface area contributed by atoms with E-state index in [1.54, 1.807) is 24.3 Å². The lowest BCUT2D eigenvalue weighted by molar-refractivity contribution is -0.153. The summed E-state index contributed by atoms with van der Waals surface area (Å²) in [6.45, 7) is 1.51. The van der Waals surface area contributed by atoms with E-state index in [9.17, 15) is 14.0 Å². The second-order valence-corrected chi connectivity index (χ2v) is 7.12. The zero-order chi connectivity index (χ0) is 20.1. The van der Waals surface area contributed by atoms with Gasteiger partial charge in [0.1, 0.15) is 11.6 Å². The lowest BCUT2D eigenvalue weighted by Gasteiger charge is -2.27. The fourth-order valence-electron chi connectivity index (χ4n) is 3.73. The highest BCUT2D eigenvalue weighted by molar-refractivity contribution is 5.95. The Morgan fingerprint density at radius 2 is 1.79 bits per heavy atom. The van der Waals surface area contributed by atoms with E-state index in [4.69, 9.17) is 9.47 Å². The van der Waals surface area contributed by atoms with Gasteiger partial charge in [-0.05, 0) is 55.2 Å². The van der Waals surface area contributed by atoms with Crippen LogP contribution in [0.15, 0.2) is 42.5 Å². The number of esters is 1. The molecule has 0 unspecified atom stereocenters. The van der Waals surface area contributed by atoms with Crippen molar-refractivity contribution in [2.45, 2.75) is 38.0 Å². The number of nitrogens with one attached hydrogen (secondary N) is 1. The van der Waals surface area contributed by atoms with E-state index >= 15 is 0 Å². The first kappa shape index (κ1) is 19.9. The van der Waals surface area contributed by atoms with Crippen molar-refractivity contribution < 1.29 is 23.5 Å². The zero-order valence-electron chi connectivity index (χ0n) is 16.1. The number of carbonyl (C=O) groups excluding carboxylic acids is 2. The number of hydrogen-bond acceptors (Lipinski definition) is 4. The number of amides is 1. The summed E-state index contributed by atoms with van der Waals surface area (Å²) in [7, 11) is 1.52.